The average Bonchev–Trinajstić information content (AvgIpc) is 2.79. The summed E-state index contributed by atoms with van der Waals surface area (Å²) in [5.74, 6) is 0.854. The number of aryl methyl sites for hydroxylation is 1. The molecule has 1 aromatic heterocycles. The zero-order valence-corrected chi connectivity index (χ0v) is 11.7. The summed E-state index contributed by atoms with van der Waals surface area (Å²) in [5.41, 5.74) is 2.43. The Morgan fingerprint density at radius 1 is 1.28 bits per heavy atom. The Balaban J connectivity index is 1.67. The Bertz CT molecular complexity index is 526. The number of nitrogens with one attached hydrogen (secondary N) is 1. The van der Waals surface area contributed by atoms with Crippen LogP contribution in [-0.2, 0) is 0 Å². The van der Waals surface area contributed by atoms with Gasteiger partial charge in [-0.05, 0) is 43.4 Å². The van der Waals surface area contributed by atoms with Crippen molar-refractivity contribution in [3.8, 4) is 0 Å². The van der Waals surface area contributed by atoms with Gasteiger partial charge >= 0.3 is 0 Å². The molecule has 1 N–H and O–H groups in total. The van der Waals surface area contributed by atoms with Crippen molar-refractivity contribution >= 4 is 26.7 Å². The summed E-state index contributed by atoms with van der Waals surface area (Å²) in [5, 5.41) is 4.62. The van der Waals surface area contributed by atoms with Crippen molar-refractivity contribution in [3.63, 3.8) is 0 Å². The topological polar surface area (TPSA) is 24.9 Å². The first-order chi connectivity index (χ1) is 8.81. The molecule has 0 amide bonds. The number of hydrogen-bond donors (Lipinski definition) is 1. The highest BCUT2D eigenvalue weighted by Crippen LogP contribution is 2.28. The van der Waals surface area contributed by atoms with E-state index in [0.717, 1.165) is 23.1 Å². The number of thiazole rings is 1. The van der Waals surface area contributed by atoms with Crippen LogP contribution >= 0.6 is 11.3 Å². The van der Waals surface area contributed by atoms with Gasteiger partial charge < -0.3 is 5.32 Å². The second-order valence-electron chi connectivity index (χ2n) is 5.38. The number of fused-ring (bicyclic) bond motifs is 1. The smallest absolute Gasteiger partial charge is 0.183 e. The minimum atomic E-state index is 0.854. The van der Waals surface area contributed by atoms with E-state index < -0.39 is 0 Å². The number of aromatic nitrogens is 1. The van der Waals surface area contributed by atoms with Gasteiger partial charge in [0.25, 0.3) is 0 Å². The summed E-state index contributed by atoms with van der Waals surface area (Å²) in [7, 11) is 0. The van der Waals surface area contributed by atoms with Crippen molar-refractivity contribution in [1.82, 2.24) is 4.98 Å². The van der Waals surface area contributed by atoms with Crippen molar-refractivity contribution in [1.29, 1.82) is 0 Å². The van der Waals surface area contributed by atoms with Gasteiger partial charge in [-0.1, -0.05) is 36.7 Å². The Labute approximate surface area is 112 Å². The van der Waals surface area contributed by atoms with Gasteiger partial charge in [-0.15, -0.1) is 0 Å². The molecule has 3 rings (SSSR count). The third-order valence-electron chi connectivity index (χ3n) is 3.81. The molecule has 96 valence electrons. The molecule has 1 aromatic carbocycles. The van der Waals surface area contributed by atoms with Crippen LogP contribution in [-0.4, -0.2) is 11.5 Å². The second-order valence-corrected chi connectivity index (χ2v) is 6.41. The van der Waals surface area contributed by atoms with E-state index in [0.29, 0.717) is 0 Å². The van der Waals surface area contributed by atoms with Gasteiger partial charge in [-0.2, -0.15) is 0 Å². The quantitative estimate of drug-likeness (QED) is 0.872. The minimum absolute atomic E-state index is 0.854. The number of benzene rings is 1. The van der Waals surface area contributed by atoms with Gasteiger partial charge in [0.1, 0.15) is 0 Å². The molecule has 0 radical (unpaired) electrons. The molecule has 2 aromatic rings. The van der Waals surface area contributed by atoms with Gasteiger partial charge in [0.05, 0.1) is 10.2 Å². The molecule has 0 saturated heterocycles. The monoisotopic (exact) mass is 260 g/mol. The Kier molecular flexibility index (Phi) is 3.50. The van der Waals surface area contributed by atoms with Crippen molar-refractivity contribution in [3.05, 3.63) is 23.8 Å². The maximum Gasteiger partial charge on any atom is 0.183 e. The fourth-order valence-electron chi connectivity index (χ4n) is 2.73. The molecule has 1 aliphatic rings. The first-order valence-electron chi connectivity index (χ1n) is 6.92. The van der Waals surface area contributed by atoms with E-state index in [1.807, 2.05) is 0 Å². The van der Waals surface area contributed by atoms with E-state index in [2.05, 4.69) is 35.4 Å². The molecule has 1 saturated carbocycles. The Morgan fingerprint density at radius 2 is 2.11 bits per heavy atom. The summed E-state index contributed by atoms with van der Waals surface area (Å²) in [6.07, 6.45) is 7.02. The lowest BCUT2D eigenvalue weighted by molar-refractivity contribution is 0.373. The minimum Gasteiger partial charge on any atom is -0.361 e. The van der Waals surface area contributed by atoms with Crippen LogP contribution in [0, 0.1) is 12.8 Å². The van der Waals surface area contributed by atoms with Gasteiger partial charge in [0.2, 0.25) is 0 Å². The summed E-state index contributed by atoms with van der Waals surface area (Å²) < 4.78 is 1.29. The average molecular weight is 260 g/mol. The lowest BCUT2D eigenvalue weighted by atomic mass is 9.89. The SMILES string of the molecule is Cc1ccc2nc(NCC3CCCCC3)sc2c1. The molecule has 0 spiro atoms. The largest absolute Gasteiger partial charge is 0.361 e. The van der Waals surface area contributed by atoms with E-state index in [1.165, 1.54) is 42.4 Å². The van der Waals surface area contributed by atoms with Crippen LogP contribution in [0.25, 0.3) is 10.2 Å². The number of rotatable bonds is 3. The van der Waals surface area contributed by atoms with Crippen LogP contribution in [0.3, 0.4) is 0 Å². The highest BCUT2D eigenvalue weighted by Gasteiger charge is 2.13. The molecule has 1 fully saturated rings. The normalized spacial score (nSPS) is 17.2. The number of anilines is 1. The standard InChI is InChI=1S/C15H20N2S/c1-11-7-8-13-14(9-11)18-15(17-13)16-10-12-5-3-2-4-6-12/h7-9,12H,2-6,10H2,1H3,(H,16,17). The zero-order chi connectivity index (χ0) is 12.4. The van der Waals surface area contributed by atoms with Gasteiger partial charge in [0, 0.05) is 6.54 Å². The maximum absolute atomic E-state index is 4.65. The first kappa shape index (κ1) is 12.0. The first-order valence-corrected chi connectivity index (χ1v) is 7.74. The van der Waals surface area contributed by atoms with Crippen LogP contribution in [0.15, 0.2) is 18.2 Å². The molecule has 0 aliphatic heterocycles. The van der Waals surface area contributed by atoms with Crippen molar-refractivity contribution < 1.29 is 0 Å². The Hall–Kier alpha value is -1.09. The van der Waals surface area contributed by atoms with Gasteiger partial charge in [0.15, 0.2) is 5.13 Å². The molecule has 1 aliphatic carbocycles. The highest BCUT2D eigenvalue weighted by molar-refractivity contribution is 7.22. The van der Waals surface area contributed by atoms with E-state index >= 15 is 0 Å². The maximum atomic E-state index is 4.65. The summed E-state index contributed by atoms with van der Waals surface area (Å²) in [6, 6.07) is 6.47. The van der Waals surface area contributed by atoms with E-state index in [-0.39, 0.29) is 0 Å². The molecular weight excluding hydrogens is 240 g/mol. The summed E-state index contributed by atoms with van der Waals surface area (Å²) in [6.45, 7) is 3.23. The molecule has 1 heterocycles. The molecule has 0 atom stereocenters. The van der Waals surface area contributed by atoms with E-state index in [1.54, 1.807) is 11.3 Å². The van der Waals surface area contributed by atoms with Crippen LogP contribution in [0.2, 0.25) is 0 Å². The van der Waals surface area contributed by atoms with E-state index in [9.17, 15) is 0 Å². The van der Waals surface area contributed by atoms with E-state index in [4.69, 9.17) is 0 Å². The Morgan fingerprint density at radius 3 is 2.94 bits per heavy atom. The lowest BCUT2D eigenvalue weighted by Gasteiger charge is -2.21. The van der Waals surface area contributed by atoms with Crippen molar-refractivity contribution in [2.45, 2.75) is 39.0 Å². The van der Waals surface area contributed by atoms with Crippen LogP contribution < -0.4 is 5.32 Å². The fourth-order valence-corrected chi connectivity index (χ4v) is 3.70. The zero-order valence-electron chi connectivity index (χ0n) is 10.9. The molecule has 3 heteroatoms. The predicted molar refractivity (Wildman–Crippen MR) is 79.4 cm³/mol. The highest BCUT2D eigenvalue weighted by atomic mass is 32.1. The van der Waals surface area contributed by atoms with Crippen LogP contribution in [0.5, 0.6) is 0 Å². The molecule has 18 heavy (non-hydrogen) atoms. The van der Waals surface area contributed by atoms with Crippen LogP contribution in [0.1, 0.15) is 37.7 Å². The van der Waals surface area contributed by atoms with Crippen molar-refractivity contribution in [2.24, 2.45) is 5.92 Å². The predicted octanol–water partition coefficient (Wildman–Crippen LogP) is 4.60. The number of nitrogens with zero attached hydrogens (tertiary/aromatic N) is 1. The molecule has 0 bridgehead atoms. The third-order valence-corrected chi connectivity index (χ3v) is 4.79. The lowest BCUT2D eigenvalue weighted by Crippen LogP contribution is -2.16. The second kappa shape index (κ2) is 5.27. The molecule has 2 nitrogen and oxygen atoms in total. The molecule has 0 unspecified atom stereocenters. The van der Waals surface area contributed by atoms with Gasteiger partial charge in [-0.25, -0.2) is 4.98 Å². The van der Waals surface area contributed by atoms with Crippen molar-refractivity contribution in [2.75, 3.05) is 11.9 Å². The fraction of sp³-hybridized carbons (Fsp3) is 0.533. The summed E-state index contributed by atoms with van der Waals surface area (Å²) >= 11 is 1.78. The summed E-state index contributed by atoms with van der Waals surface area (Å²) in [4.78, 5) is 4.65. The third kappa shape index (κ3) is 2.66. The number of hydrogen-bond acceptors (Lipinski definition) is 3. The molecular formula is C15H20N2S. The van der Waals surface area contributed by atoms with Gasteiger partial charge in [-0.3, -0.25) is 0 Å². The van der Waals surface area contributed by atoms with Crippen LogP contribution in [0.4, 0.5) is 5.13 Å².